The van der Waals surface area contributed by atoms with E-state index in [-0.39, 0.29) is 6.03 Å². The molecule has 2 heterocycles. The monoisotopic (exact) mass is 369 g/mol. The van der Waals surface area contributed by atoms with E-state index in [0.717, 1.165) is 55.1 Å². The Labute approximate surface area is 161 Å². The van der Waals surface area contributed by atoms with Gasteiger partial charge in [-0.05, 0) is 49.4 Å². The van der Waals surface area contributed by atoms with Crippen molar-refractivity contribution in [2.24, 2.45) is 5.92 Å². The summed E-state index contributed by atoms with van der Waals surface area (Å²) in [7, 11) is 0. The summed E-state index contributed by atoms with van der Waals surface area (Å²) < 4.78 is 2.10. The first-order valence-electron chi connectivity index (χ1n) is 9.81. The van der Waals surface area contributed by atoms with Gasteiger partial charge in [0, 0.05) is 31.9 Å². The zero-order chi connectivity index (χ0) is 19.4. The Hall–Kier alpha value is -2.34. The van der Waals surface area contributed by atoms with E-state index in [0.29, 0.717) is 12.5 Å². The topological polar surface area (TPSA) is 62.2 Å². The second-order valence-electron chi connectivity index (χ2n) is 7.96. The molecule has 2 N–H and O–H groups in total. The summed E-state index contributed by atoms with van der Waals surface area (Å²) in [4.78, 5) is 14.8. The standard InChI is InChI=1S/C21H31N5O/c1-15(2)13-25-8-5-9-26-19(14-25)11-18(24-26)12-22-21(27)23-20-10-16(3)6-7-17(20)4/h6-7,10-11,15H,5,8-9,12-14H2,1-4H3,(H2,22,23,27). The van der Waals surface area contributed by atoms with Gasteiger partial charge in [-0.2, -0.15) is 5.10 Å². The predicted octanol–water partition coefficient (Wildman–Crippen LogP) is 3.68. The third kappa shape index (κ3) is 5.32. The van der Waals surface area contributed by atoms with Gasteiger partial charge in [-0.15, -0.1) is 0 Å². The number of carbonyl (C=O) groups excluding carboxylic acids is 1. The molecular weight excluding hydrogens is 338 g/mol. The van der Waals surface area contributed by atoms with E-state index < -0.39 is 0 Å². The van der Waals surface area contributed by atoms with Gasteiger partial charge in [0.05, 0.1) is 17.9 Å². The Morgan fingerprint density at radius 1 is 1.22 bits per heavy atom. The average molecular weight is 370 g/mol. The number of hydrogen-bond acceptors (Lipinski definition) is 3. The van der Waals surface area contributed by atoms with Crippen LogP contribution in [0.2, 0.25) is 0 Å². The zero-order valence-electron chi connectivity index (χ0n) is 16.9. The molecule has 0 unspecified atom stereocenters. The molecule has 1 aliphatic heterocycles. The molecule has 0 saturated carbocycles. The smallest absolute Gasteiger partial charge is 0.319 e. The summed E-state index contributed by atoms with van der Waals surface area (Å²) in [5, 5.41) is 10.5. The second kappa shape index (κ2) is 8.57. The molecule has 146 valence electrons. The lowest BCUT2D eigenvalue weighted by molar-refractivity contribution is 0.239. The normalized spacial score (nSPS) is 14.7. The highest BCUT2D eigenvalue weighted by Gasteiger charge is 2.17. The number of carbonyl (C=O) groups is 1. The number of benzene rings is 1. The number of aryl methyl sites for hydroxylation is 3. The van der Waals surface area contributed by atoms with Crippen LogP contribution in [0.15, 0.2) is 24.3 Å². The van der Waals surface area contributed by atoms with Gasteiger partial charge in [0.2, 0.25) is 0 Å². The average Bonchev–Trinajstić information content (AvgIpc) is 2.88. The second-order valence-corrected chi connectivity index (χ2v) is 7.96. The number of anilines is 1. The van der Waals surface area contributed by atoms with Gasteiger partial charge in [0.25, 0.3) is 0 Å². The number of fused-ring (bicyclic) bond motifs is 1. The van der Waals surface area contributed by atoms with Crippen LogP contribution in [0.1, 0.15) is 42.8 Å². The first-order chi connectivity index (χ1) is 12.9. The van der Waals surface area contributed by atoms with E-state index in [4.69, 9.17) is 0 Å². The first kappa shape index (κ1) is 19.4. The van der Waals surface area contributed by atoms with Crippen molar-refractivity contribution in [3.8, 4) is 0 Å². The Morgan fingerprint density at radius 3 is 2.81 bits per heavy atom. The number of urea groups is 1. The molecule has 1 aliphatic rings. The SMILES string of the molecule is Cc1ccc(C)c(NC(=O)NCc2cc3n(n2)CCCN(CC(C)C)C3)c1. The molecule has 6 heteroatoms. The third-order valence-corrected chi connectivity index (χ3v) is 4.84. The summed E-state index contributed by atoms with van der Waals surface area (Å²) in [5.74, 6) is 0.661. The van der Waals surface area contributed by atoms with Crippen LogP contribution in [-0.2, 0) is 19.6 Å². The van der Waals surface area contributed by atoms with Crippen LogP contribution in [0, 0.1) is 19.8 Å². The molecule has 0 atom stereocenters. The van der Waals surface area contributed by atoms with Gasteiger partial charge in [-0.3, -0.25) is 9.58 Å². The van der Waals surface area contributed by atoms with Gasteiger partial charge in [-0.1, -0.05) is 26.0 Å². The lowest BCUT2D eigenvalue weighted by atomic mass is 10.1. The number of hydrogen-bond donors (Lipinski definition) is 2. The van der Waals surface area contributed by atoms with Crippen LogP contribution in [0.3, 0.4) is 0 Å². The summed E-state index contributed by atoms with van der Waals surface area (Å²) in [6, 6.07) is 7.96. The highest BCUT2D eigenvalue weighted by Crippen LogP contribution is 2.17. The van der Waals surface area contributed by atoms with Gasteiger partial charge < -0.3 is 10.6 Å². The van der Waals surface area contributed by atoms with E-state index in [1.165, 1.54) is 5.69 Å². The maximum absolute atomic E-state index is 12.3. The van der Waals surface area contributed by atoms with Crippen LogP contribution in [0.25, 0.3) is 0 Å². The fourth-order valence-corrected chi connectivity index (χ4v) is 3.55. The van der Waals surface area contributed by atoms with E-state index in [2.05, 4.69) is 45.2 Å². The molecule has 2 aromatic rings. The highest BCUT2D eigenvalue weighted by atomic mass is 16.2. The lowest BCUT2D eigenvalue weighted by Crippen LogP contribution is -2.29. The van der Waals surface area contributed by atoms with Crippen molar-refractivity contribution < 1.29 is 4.79 Å². The Morgan fingerprint density at radius 2 is 2.04 bits per heavy atom. The van der Waals surface area contributed by atoms with Crippen molar-refractivity contribution in [2.45, 2.75) is 53.8 Å². The number of rotatable bonds is 5. The molecule has 3 rings (SSSR count). The minimum atomic E-state index is -0.201. The number of nitrogens with zero attached hydrogens (tertiary/aromatic N) is 3. The van der Waals surface area contributed by atoms with Gasteiger partial charge >= 0.3 is 6.03 Å². The number of aromatic nitrogens is 2. The van der Waals surface area contributed by atoms with Crippen molar-refractivity contribution in [1.29, 1.82) is 0 Å². The Balaban J connectivity index is 1.57. The predicted molar refractivity (Wildman–Crippen MR) is 109 cm³/mol. The van der Waals surface area contributed by atoms with Gasteiger partial charge in [0.1, 0.15) is 0 Å². The van der Waals surface area contributed by atoms with Crippen molar-refractivity contribution in [2.75, 3.05) is 18.4 Å². The van der Waals surface area contributed by atoms with E-state index in [1.54, 1.807) is 0 Å². The number of amides is 2. The van der Waals surface area contributed by atoms with E-state index >= 15 is 0 Å². The van der Waals surface area contributed by atoms with Gasteiger partial charge in [-0.25, -0.2) is 4.79 Å². The van der Waals surface area contributed by atoms with Crippen molar-refractivity contribution in [3.63, 3.8) is 0 Å². The minimum absolute atomic E-state index is 0.201. The molecule has 0 bridgehead atoms. The van der Waals surface area contributed by atoms with Crippen LogP contribution >= 0.6 is 0 Å². The van der Waals surface area contributed by atoms with E-state index in [1.807, 2.05) is 32.0 Å². The molecule has 0 aliphatic carbocycles. The molecular formula is C21H31N5O. The van der Waals surface area contributed by atoms with Crippen LogP contribution < -0.4 is 10.6 Å². The minimum Gasteiger partial charge on any atom is -0.332 e. The third-order valence-electron chi connectivity index (χ3n) is 4.84. The maximum atomic E-state index is 12.3. The number of nitrogens with one attached hydrogen (secondary N) is 2. The Bertz CT molecular complexity index is 796. The summed E-state index contributed by atoms with van der Waals surface area (Å²) in [6.07, 6.45) is 1.11. The fraction of sp³-hybridized carbons (Fsp3) is 0.524. The summed E-state index contributed by atoms with van der Waals surface area (Å²) in [5.41, 5.74) is 5.17. The van der Waals surface area contributed by atoms with Crippen molar-refractivity contribution >= 4 is 11.7 Å². The van der Waals surface area contributed by atoms with Gasteiger partial charge in [0.15, 0.2) is 0 Å². The highest BCUT2D eigenvalue weighted by molar-refractivity contribution is 5.90. The zero-order valence-corrected chi connectivity index (χ0v) is 16.9. The molecule has 0 saturated heterocycles. The van der Waals surface area contributed by atoms with Crippen LogP contribution in [0.4, 0.5) is 10.5 Å². The molecule has 0 fully saturated rings. The molecule has 1 aromatic heterocycles. The Kier molecular flexibility index (Phi) is 6.16. The fourth-order valence-electron chi connectivity index (χ4n) is 3.55. The molecule has 6 nitrogen and oxygen atoms in total. The summed E-state index contributed by atoms with van der Waals surface area (Å²) in [6.45, 7) is 13.1. The molecule has 0 radical (unpaired) electrons. The molecule has 0 spiro atoms. The lowest BCUT2D eigenvalue weighted by Gasteiger charge is -2.21. The van der Waals surface area contributed by atoms with Crippen LogP contribution in [-0.4, -0.2) is 33.8 Å². The largest absolute Gasteiger partial charge is 0.332 e. The first-order valence-corrected chi connectivity index (χ1v) is 9.81. The summed E-state index contributed by atoms with van der Waals surface area (Å²) >= 11 is 0. The van der Waals surface area contributed by atoms with Crippen LogP contribution in [0.5, 0.6) is 0 Å². The molecule has 2 amide bonds. The van der Waals surface area contributed by atoms with Crippen molar-refractivity contribution in [3.05, 3.63) is 46.8 Å². The maximum Gasteiger partial charge on any atom is 0.319 e. The van der Waals surface area contributed by atoms with Crippen molar-refractivity contribution in [1.82, 2.24) is 20.0 Å². The molecule has 1 aromatic carbocycles. The quantitative estimate of drug-likeness (QED) is 0.845. The molecule has 27 heavy (non-hydrogen) atoms. The van der Waals surface area contributed by atoms with E-state index in [9.17, 15) is 4.79 Å².